The lowest BCUT2D eigenvalue weighted by Crippen LogP contribution is -2.23. The van der Waals surface area contributed by atoms with Gasteiger partial charge in [-0.3, -0.25) is 0 Å². The van der Waals surface area contributed by atoms with Gasteiger partial charge in [-0.2, -0.15) is 0 Å². The van der Waals surface area contributed by atoms with Crippen molar-refractivity contribution in [3.05, 3.63) is 0 Å². The molecule has 0 N–H and O–H groups in total. The van der Waals surface area contributed by atoms with Gasteiger partial charge in [0.15, 0.2) is 9.84 Å². The van der Waals surface area contributed by atoms with Crippen LogP contribution < -0.4 is 0 Å². The average molecular weight is 183 g/mol. The van der Waals surface area contributed by atoms with Gasteiger partial charge in [0.25, 0.3) is 0 Å². The lowest BCUT2D eigenvalue weighted by Gasteiger charge is -2.09. The summed E-state index contributed by atoms with van der Waals surface area (Å²) < 4.78 is 22.2. The number of hydrogen-bond donors (Lipinski definition) is 0. The van der Waals surface area contributed by atoms with Crippen molar-refractivity contribution < 1.29 is 8.42 Å². The SMILES string of the molecule is CC(Cl)C1CCCS1(=O)=O. The van der Waals surface area contributed by atoms with Gasteiger partial charge in [0.1, 0.15) is 0 Å². The van der Waals surface area contributed by atoms with Crippen LogP contribution in [-0.4, -0.2) is 24.8 Å². The maximum Gasteiger partial charge on any atom is 0.154 e. The van der Waals surface area contributed by atoms with Gasteiger partial charge in [-0.1, -0.05) is 0 Å². The molecular formula is C6H11ClO2S. The largest absolute Gasteiger partial charge is 0.228 e. The molecule has 0 spiro atoms. The van der Waals surface area contributed by atoms with Crippen LogP contribution in [0.4, 0.5) is 0 Å². The quantitative estimate of drug-likeness (QED) is 0.571. The Morgan fingerprint density at radius 2 is 2.20 bits per heavy atom. The predicted molar refractivity (Wildman–Crippen MR) is 42.1 cm³/mol. The maximum atomic E-state index is 11.1. The zero-order valence-electron chi connectivity index (χ0n) is 5.88. The number of sulfone groups is 1. The highest BCUT2D eigenvalue weighted by atomic mass is 35.5. The molecule has 0 aliphatic carbocycles. The Morgan fingerprint density at radius 3 is 2.40 bits per heavy atom. The van der Waals surface area contributed by atoms with E-state index in [0.29, 0.717) is 5.75 Å². The van der Waals surface area contributed by atoms with E-state index in [-0.39, 0.29) is 10.6 Å². The first-order valence-electron chi connectivity index (χ1n) is 3.39. The monoisotopic (exact) mass is 182 g/mol. The van der Waals surface area contributed by atoms with E-state index in [1.807, 2.05) is 0 Å². The third kappa shape index (κ3) is 1.45. The van der Waals surface area contributed by atoms with Gasteiger partial charge in [0.05, 0.1) is 11.0 Å². The number of rotatable bonds is 1. The summed E-state index contributed by atoms with van der Waals surface area (Å²) >= 11 is 5.69. The number of alkyl halides is 1. The molecule has 1 saturated heterocycles. The van der Waals surface area contributed by atoms with Crippen LogP contribution in [-0.2, 0) is 9.84 Å². The summed E-state index contributed by atoms with van der Waals surface area (Å²) in [6.45, 7) is 1.75. The van der Waals surface area contributed by atoms with E-state index in [9.17, 15) is 8.42 Å². The Kier molecular flexibility index (Phi) is 2.25. The fourth-order valence-electron chi connectivity index (χ4n) is 1.33. The summed E-state index contributed by atoms with van der Waals surface area (Å²) in [4.78, 5) is 0. The van der Waals surface area contributed by atoms with Crippen LogP contribution in [0.15, 0.2) is 0 Å². The third-order valence-electron chi connectivity index (χ3n) is 1.89. The van der Waals surface area contributed by atoms with Crippen molar-refractivity contribution in [2.75, 3.05) is 5.75 Å². The van der Waals surface area contributed by atoms with E-state index in [1.54, 1.807) is 6.92 Å². The van der Waals surface area contributed by atoms with E-state index in [1.165, 1.54) is 0 Å². The zero-order chi connectivity index (χ0) is 7.78. The van der Waals surface area contributed by atoms with E-state index in [2.05, 4.69) is 0 Å². The van der Waals surface area contributed by atoms with Crippen LogP contribution in [0, 0.1) is 0 Å². The normalized spacial score (nSPS) is 34.0. The van der Waals surface area contributed by atoms with Crippen molar-refractivity contribution >= 4 is 21.4 Å². The standard InChI is InChI=1S/C6H11ClO2S/c1-5(7)6-3-2-4-10(6,8)9/h5-6H,2-4H2,1H3. The van der Waals surface area contributed by atoms with Gasteiger partial charge < -0.3 is 0 Å². The summed E-state index contributed by atoms with van der Waals surface area (Å²) in [6.07, 6.45) is 1.52. The Hall–Kier alpha value is 0.240. The lowest BCUT2D eigenvalue weighted by atomic mass is 10.2. The van der Waals surface area contributed by atoms with Gasteiger partial charge in [-0.15, -0.1) is 11.6 Å². The smallest absolute Gasteiger partial charge is 0.154 e. The fourth-order valence-corrected chi connectivity index (χ4v) is 3.90. The molecule has 0 aromatic rings. The van der Waals surface area contributed by atoms with Crippen LogP contribution in [0.25, 0.3) is 0 Å². The molecule has 0 aromatic heterocycles. The van der Waals surface area contributed by atoms with Crippen LogP contribution in [0.2, 0.25) is 0 Å². The van der Waals surface area contributed by atoms with Gasteiger partial charge in [0, 0.05) is 5.38 Å². The molecule has 2 unspecified atom stereocenters. The first-order valence-corrected chi connectivity index (χ1v) is 5.55. The number of hydrogen-bond acceptors (Lipinski definition) is 2. The van der Waals surface area contributed by atoms with Gasteiger partial charge in [-0.25, -0.2) is 8.42 Å². The molecule has 2 atom stereocenters. The molecule has 0 radical (unpaired) electrons. The topological polar surface area (TPSA) is 34.1 Å². The second kappa shape index (κ2) is 2.70. The third-order valence-corrected chi connectivity index (χ3v) is 4.77. The summed E-state index contributed by atoms with van der Waals surface area (Å²) in [5.74, 6) is 0.328. The first kappa shape index (κ1) is 8.34. The van der Waals surface area contributed by atoms with Crippen molar-refractivity contribution in [1.29, 1.82) is 0 Å². The highest BCUT2D eigenvalue weighted by molar-refractivity contribution is 7.92. The Labute approximate surface area is 66.5 Å². The van der Waals surface area contributed by atoms with Crippen LogP contribution >= 0.6 is 11.6 Å². The number of halogens is 1. The Bertz CT molecular complexity index is 208. The van der Waals surface area contributed by atoms with Gasteiger partial charge >= 0.3 is 0 Å². The van der Waals surface area contributed by atoms with Gasteiger partial charge in [-0.05, 0) is 19.8 Å². The predicted octanol–water partition coefficient (Wildman–Crippen LogP) is 1.19. The molecule has 2 nitrogen and oxygen atoms in total. The Balaban J connectivity index is 2.79. The van der Waals surface area contributed by atoms with Crippen molar-refractivity contribution in [2.45, 2.75) is 30.4 Å². The zero-order valence-corrected chi connectivity index (χ0v) is 7.45. The van der Waals surface area contributed by atoms with Crippen molar-refractivity contribution in [3.8, 4) is 0 Å². The van der Waals surface area contributed by atoms with Crippen molar-refractivity contribution in [3.63, 3.8) is 0 Å². The average Bonchev–Trinajstić information content (AvgIpc) is 2.08. The molecule has 1 aliphatic heterocycles. The van der Waals surface area contributed by atoms with E-state index >= 15 is 0 Å². The highest BCUT2D eigenvalue weighted by Gasteiger charge is 2.34. The molecular weight excluding hydrogens is 172 g/mol. The minimum atomic E-state index is -2.82. The van der Waals surface area contributed by atoms with Crippen LogP contribution in [0.3, 0.4) is 0 Å². The molecule has 1 rings (SSSR count). The summed E-state index contributed by atoms with van der Waals surface area (Å²) in [6, 6.07) is 0. The fraction of sp³-hybridized carbons (Fsp3) is 1.00. The molecule has 0 bridgehead atoms. The molecule has 1 aliphatic rings. The molecule has 1 heterocycles. The van der Waals surface area contributed by atoms with Crippen LogP contribution in [0.1, 0.15) is 19.8 Å². The minimum Gasteiger partial charge on any atom is -0.228 e. The van der Waals surface area contributed by atoms with E-state index in [4.69, 9.17) is 11.6 Å². The molecule has 10 heavy (non-hydrogen) atoms. The molecule has 4 heteroatoms. The van der Waals surface area contributed by atoms with Crippen molar-refractivity contribution in [1.82, 2.24) is 0 Å². The molecule has 0 aromatic carbocycles. The summed E-state index contributed by atoms with van der Waals surface area (Å²) in [7, 11) is -2.82. The highest BCUT2D eigenvalue weighted by Crippen LogP contribution is 2.25. The van der Waals surface area contributed by atoms with E-state index < -0.39 is 9.84 Å². The Morgan fingerprint density at radius 1 is 1.60 bits per heavy atom. The van der Waals surface area contributed by atoms with E-state index in [0.717, 1.165) is 12.8 Å². The first-order chi connectivity index (χ1) is 4.54. The second-order valence-electron chi connectivity index (χ2n) is 2.73. The molecule has 1 fully saturated rings. The lowest BCUT2D eigenvalue weighted by molar-refractivity contribution is 0.587. The second-order valence-corrected chi connectivity index (χ2v) is 5.75. The maximum absolute atomic E-state index is 11.1. The molecule has 0 saturated carbocycles. The van der Waals surface area contributed by atoms with Crippen molar-refractivity contribution in [2.24, 2.45) is 0 Å². The summed E-state index contributed by atoms with van der Waals surface area (Å²) in [5, 5.41) is -0.512. The molecule has 0 amide bonds. The van der Waals surface area contributed by atoms with Crippen LogP contribution in [0.5, 0.6) is 0 Å². The van der Waals surface area contributed by atoms with Gasteiger partial charge in [0.2, 0.25) is 0 Å². The summed E-state index contributed by atoms with van der Waals surface area (Å²) in [5.41, 5.74) is 0. The minimum absolute atomic E-state index is 0.229. The molecule has 60 valence electrons.